The Kier molecular flexibility index (Phi) is 6.10. The van der Waals surface area contributed by atoms with Gasteiger partial charge in [0.25, 0.3) is 0 Å². The van der Waals surface area contributed by atoms with Crippen LogP contribution >= 0.6 is 0 Å². The van der Waals surface area contributed by atoms with E-state index < -0.39 is 0 Å². The van der Waals surface area contributed by atoms with Crippen molar-refractivity contribution in [1.82, 2.24) is 0 Å². The van der Waals surface area contributed by atoms with E-state index in [4.69, 9.17) is 19.2 Å². The molecule has 0 saturated heterocycles. The maximum Gasteiger partial charge on any atom is 0.193 e. The zero-order chi connectivity index (χ0) is 23.7. The molecule has 2 atom stereocenters. The average molecular weight is 456 g/mol. The average Bonchev–Trinajstić information content (AvgIpc) is 2.91. The van der Waals surface area contributed by atoms with Gasteiger partial charge in [0, 0.05) is 28.2 Å². The Morgan fingerprint density at radius 1 is 0.824 bits per heavy atom. The van der Waals surface area contributed by atoms with Crippen LogP contribution in [0.3, 0.4) is 0 Å². The fraction of sp³-hybridized carbons (Fsp3) is 0.310. The molecule has 0 aromatic heterocycles. The lowest BCUT2D eigenvalue weighted by atomic mass is 9.75. The summed E-state index contributed by atoms with van der Waals surface area (Å²) in [4.78, 5) is 18.2. The van der Waals surface area contributed by atoms with Crippen LogP contribution in [0.15, 0.2) is 65.7 Å². The largest absolute Gasteiger partial charge is 0.497 e. The summed E-state index contributed by atoms with van der Waals surface area (Å²) < 4.78 is 16.5. The minimum absolute atomic E-state index is 0.0322. The van der Waals surface area contributed by atoms with Gasteiger partial charge in [-0.25, -0.2) is 0 Å². The van der Waals surface area contributed by atoms with E-state index in [1.54, 1.807) is 27.4 Å². The van der Waals surface area contributed by atoms with E-state index in [1.165, 1.54) is 18.4 Å². The lowest BCUT2D eigenvalue weighted by molar-refractivity contribution is 0.103. The van der Waals surface area contributed by atoms with Crippen LogP contribution < -0.4 is 14.2 Å². The highest BCUT2D eigenvalue weighted by atomic mass is 16.5. The van der Waals surface area contributed by atoms with Crippen molar-refractivity contribution in [1.29, 1.82) is 0 Å². The van der Waals surface area contributed by atoms with Crippen LogP contribution in [0.2, 0.25) is 0 Å². The van der Waals surface area contributed by atoms with E-state index in [9.17, 15) is 4.79 Å². The molecule has 1 aliphatic carbocycles. The molecule has 5 heteroatoms. The summed E-state index contributed by atoms with van der Waals surface area (Å²) in [6.07, 6.45) is 4.65. The van der Waals surface area contributed by atoms with Crippen LogP contribution in [-0.2, 0) is 0 Å². The van der Waals surface area contributed by atoms with Gasteiger partial charge in [0.2, 0.25) is 0 Å². The molecule has 1 fully saturated rings. The molecule has 0 radical (unpaired) electrons. The van der Waals surface area contributed by atoms with E-state index in [-0.39, 0.29) is 11.8 Å². The monoisotopic (exact) mass is 455 g/mol. The van der Waals surface area contributed by atoms with Gasteiger partial charge in [0.1, 0.15) is 5.75 Å². The van der Waals surface area contributed by atoms with Crippen LogP contribution in [0.5, 0.6) is 17.2 Å². The summed E-state index contributed by atoms with van der Waals surface area (Å²) in [6.45, 7) is 0. The van der Waals surface area contributed by atoms with Crippen molar-refractivity contribution >= 4 is 11.5 Å². The summed E-state index contributed by atoms with van der Waals surface area (Å²) in [5.74, 6) is 2.50. The van der Waals surface area contributed by atoms with Gasteiger partial charge in [-0.15, -0.1) is 0 Å². The van der Waals surface area contributed by atoms with Crippen LogP contribution in [0.4, 0.5) is 0 Å². The summed E-state index contributed by atoms with van der Waals surface area (Å²) in [7, 11) is 4.94. The number of carbonyl (C=O) groups excluding carboxylic acids is 1. The van der Waals surface area contributed by atoms with Gasteiger partial charge in [-0.05, 0) is 42.7 Å². The van der Waals surface area contributed by atoms with Crippen molar-refractivity contribution in [3.05, 3.63) is 88.5 Å². The van der Waals surface area contributed by atoms with Gasteiger partial charge < -0.3 is 14.2 Å². The van der Waals surface area contributed by atoms with Crippen LogP contribution in [-0.4, -0.2) is 38.9 Å². The third kappa shape index (κ3) is 3.96. The molecule has 0 unspecified atom stereocenters. The molecule has 3 aromatic rings. The van der Waals surface area contributed by atoms with Crippen molar-refractivity contribution in [2.75, 3.05) is 21.3 Å². The van der Waals surface area contributed by atoms with E-state index in [2.05, 4.69) is 6.07 Å². The standard InChI is InChI=1S/C29H29NO4/c1-32-21-8-6-7-20(15-21)29(31)19-13-11-18(12-14-19)28-24-17-27(34-3)26(33-2)16-23(24)22-9-4-5-10-25(22)30-28/h6-8,11-17,22,25H,4-5,9-10H2,1-3H3/t22-,25-/m0/s1. The second-order valence-electron chi connectivity index (χ2n) is 8.87. The Balaban J connectivity index is 1.53. The summed E-state index contributed by atoms with van der Waals surface area (Å²) in [5.41, 5.74) is 5.57. The van der Waals surface area contributed by atoms with Gasteiger partial charge >= 0.3 is 0 Å². The Hall–Kier alpha value is -3.60. The number of hydrogen-bond donors (Lipinski definition) is 0. The first-order valence-corrected chi connectivity index (χ1v) is 11.8. The minimum atomic E-state index is -0.0322. The lowest BCUT2D eigenvalue weighted by Crippen LogP contribution is -2.29. The maximum absolute atomic E-state index is 13.0. The van der Waals surface area contributed by atoms with E-state index >= 15 is 0 Å². The van der Waals surface area contributed by atoms with Crippen LogP contribution in [0.25, 0.3) is 0 Å². The Labute approximate surface area is 200 Å². The SMILES string of the molecule is COc1cccc(C(=O)c2ccc(C3=N[C@H]4CCCC[C@H]4c4cc(OC)c(OC)cc43)cc2)c1. The Bertz CT molecular complexity index is 1250. The molecule has 5 nitrogen and oxygen atoms in total. The van der Waals surface area contributed by atoms with Gasteiger partial charge in [-0.2, -0.15) is 0 Å². The van der Waals surface area contributed by atoms with E-state index in [1.807, 2.05) is 48.5 Å². The highest BCUT2D eigenvalue weighted by Crippen LogP contribution is 2.44. The molecule has 1 saturated carbocycles. The second-order valence-corrected chi connectivity index (χ2v) is 8.87. The summed E-state index contributed by atoms with van der Waals surface area (Å²) in [6, 6.07) is 19.4. The molecule has 1 heterocycles. The van der Waals surface area contributed by atoms with Crippen molar-refractivity contribution in [3.8, 4) is 17.2 Å². The van der Waals surface area contributed by atoms with Gasteiger partial charge in [0.05, 0.1) is 33.1 Å². The number of aliphatic imine (C=N–C) groups is 1. The number of rotatable bonds is 6. The molecule has 0 N–H and O–H groups in total. The first kappa shape index (κ1) is 22.2. The lowest BCUT2D eigenvalue weighted by Gasteiger charge is -2.35. The first-order valence-electron chi connectivity index (χ1n) is 11.8. The molecule has 0 spiro atoms. The Morgan fingerprint density at radius 3 is 2.29 bits per heavy atom. The molecule has 5 rings (SSSR count). The molecule has 2 aliphatic rings. The van der Waals surface area contributed by atoms with Gasteiger partial charge in [-0.1, -0.05) is 49.2 Å². The smallest absolute Gasteiger partial charge is 0.193 e. The topological polar surface area (TPSA) is 57.1 Å². The predicted octanol–water partition coefficient (Wildman–Crippen LogP) is 5.82. The predicted molar refractivity (Wildman–Crippen MR) is 133 cm³/mol. The zero-order valence-corrected chi connectivity index (χ0v) is 19.8. The van der Waals surface area contributed by atoms with Gasteiger partial charge in [0.15, 0.2) is 17.3 Å². The molecule has 1 aliphatic heterocycles. The fourth-order valence-corrected chi connectivity index (χ4v) is 5.21. The highest BCUT2D eigenvalue weighted by Gasteiger charge is 2.34. The first-order chi connectivity index (χ1) is 16.6. The van der Waals surface area contributed by atoms with Crippen LogP contribution in [0.1, 0.15) is 64.2 Å². The Morgan fingerprint density at radius 2 is 1.56 bits per heavy atom. The van der Waals surface area contributed by atoms with Crippen molar-refractivity contribution in [3.63, 3.8) is 0 Å². The molecule has 3 aromatic carbocycles. The number of benzene rings is 3. The fourth-order valence-electron chi connectivity index (χ4n) is 5.21. The normalized spacial score (nSPS) is 18.9. The van der Waals surface area contributed by atoms with Crippen molar-refractivity contribution < 1.29 is 19.0 Å². The number of nitrogens with zero attached hydrogens (tertiary/aromatic N) is 1. The third-order valence-electron chi connectivity index (χ3n) is 6.99. The molecular formula is C29H29NO4. The number of hydrogen-bond acceptors (Lipinski definition) is 5. The second kappa shape index (κ2) is 9.34. The zero-order valence-electron chi connectivity index (χ0n) is 19.8. The third-order valence-corrected chi connectivity index (χ3v) is 6.99. The number of ketones is 1. The van der Waals surface area contributed by atoms with Crippen LogP contribution in [0, 0.1) is 0 Å². The quantitative estimate of drug-likeness (QED) is 0.440. The molecule has 0 bridgehead atoms. The maximum atomic E-state index is 13.0. The molecule has 174 valence electrons. The van der Waals surface area contributed by atoms with Gasteiger partial charge in [-0.3, -0.25) is 9.79 Å². The van der Waals surface area contributed by atoms with Crippen molar-refractivity contribution in [2.45, 2.75) is 37.6 Å². The molecule has 34 heavy (non-hydrogen) atoms. The number of carbonyl (C=O) groups is 1. The highest BCUT2D eigenvalue weighted by molar-refractivity contribution is 6.16. The number of fused-ring (bicyclic) bond motifs is 3. The number of methoxy groups -OCH3 is 3. The van der Waals surface area contributed by atoms with E-state index in [0.29, 0.717) is 28.5 Å². The minimum Gasteiger partial charge on any atom is -0.497 e. The summed E-state index contributed by atoms with van der Waals surface area (Å²) in [5, 5.41) is 0. The number of ether oxygens (including phenoxy) is 3. The van der Waals surface area contributed by atoms with Crippen molar-refractivity contribution in [2.24, 2.45) is 4.99 Å². The molecular weight excluding hydrogens is 426 g/mol. The summed E-state index contributed by atoms with van der Waals surface area (Å²) >= 11 is 0. The molecule has 0 amide bonds. The van der Waals surface area contributed by atoms with E-state index in [0.717, 1.165) is 35.4 Å².